The Hall–Kier alpha value is -1.18. The summed E-state index contributed by atoms with van der Waals surface area (Å²) in [5.74, 6) is -5.87. The molecule has 0 aliphatic carbocycles. The van der Waals surface area contributed by atoms with E-state index in [0.717, 1.165) is 16.7 Å². The molecule has 152 valence electrons. The molecule has 2 saturated heterocycles. The van der Waals surface area contributed by atoms with E-state index in [4.69, 9.17) is 10.6 Å². The number of carbonyl (C=O) groups is 2. The summed E-state index contributed by atoms with van der Waals surface area (Å²) in [4.78, 5) is 25.1. The first kappa shape index (κ1) is 15.7. The average Bonchev–Trinajstić information content (AvgIpc) is 3.13. The number of aliphatic carboxylic acids is 1. The first-order chi connectivity index (χ1) is 14.1. The minimum atomic E-state index is -3.89. The van der Waals surface area contributed by atoms with Crippen molar-refractivity contribution in [2.24, 2.45) is 17.0 Å². The molecule has 0 aromatic heterocycles. The summed E-state index contributed by atoms with van der Waals surface area (Å²) in [6.45, 7) is -1.38. The molecule has 6 unspecified atom stereocenters. The molecule has 3 aliphatic heterocycles. The van der Waals surface area contributed by atoms with Gasteiger partial charge in [-0.3, -0.25) is 4.79 Å². The minimum Gasteiger partial charge on any atom is -0.477 e. The van der Waals surface area contributed by atoms with Crippen LogP contribution in [0.15, 0.2) is 10.6 Å². The summed E-state index contributed by atoms with van der Waals surface area (Å²) in [6, 6.07) is -1.65. The molecule has 27 heavy (non-hydrogen) atoms. The second-order valence-corrected chi connectivity index (χ2v) is 9.48. The number of aliphatic hydroxyl groups excluding tert-OH is 1. The minimum absolute atomic E-state index is 0.0106. The van der Waals surface area contributed by atoms with E-state index < -0.39 is 58.6 Å². The lowest BCUT2D eigenvalue weighted by Gasteiger charge is -2.46. The Bertz CT molecular complexity index is 927. The lowest BCUT2D eigenvalue weighted by molar-refractivity contribution is -0.163. The van der Waals surface area contributed by atoms with Gasteiger partial charge < -0.3 is 20.4 Å². The summed E-state index contributed by atoms with van der Waals surface area (Å²) in [5.41, 5.74) is -0.547. The molecular weight excluding hydrogens is 396 g/mol. The van der Waals surface area contributed by atoms with Crippen molar-refractivity contribution in [3.8, 4) is 0 Å². The quantitative estimate of drug-likeness (QED) is 0.305. The van der Waals surface area contributed by atoms with Crippen molar-refractivity contribution in [3.05, 3.63) is 10.6 Å². The fourth-order valence-corrected chi connectivity index (χ4v) is 5.46. The van der Waals surface area contributed by atoms with Gasteiger partial charge in [-0.2, -0.15) is 8.42 Å². The molecule has 0 radical (unpaired) electrons. The Balaban J connectivity index is 1.92. The van der Waals surface area contributed by atoms with Crippen LogP contribution in [0.1, 0.15) is 25.7 Å². The standard InChI is InChI=1S/C15H24N4O6S2/c1-6-11-10(7(2)20)14(21)19(11)12(15(22)23)13(6)26-9-3-8(17-5-9)4-18-27(16,24)25/h6-11,17-18,20H,3-5H2,1-2H3,(H,22,23)(H2,16,24,25)/i1D3,6D. The van der Waals surface area contributed by atoms with E-state index >= 15 is 0 Å². The second-order valence-electron chi connectivity index (χ2n) is 6.79. The summed E-state index contributed by atoms with van der Waals surface area (Å²) in [6.07, 6.45) is -0.902. The molecule has 0 aromatic carbocycles. The Morgan fingerprint density at radius 3 is 2.89 bits per heavy atom. The van der Waals surface area contributed by atoms with Gasteiger partial charge >= 0.3 is 5.97 Å². The number of fused-ring (bicyclic) bond motifs is 1. The number of rotatable bonds is 7. The van der Waals surface area contributed by atoms with Crippen LogP contribution in [0.4, 0.5) is 0 Å². The van der Waals surface area contributed by atoms with Gasteiger partial charge in [-0.05, 0) is 13.3 Å². The van der Waals surface area contributed by atoms with Crippen LogP contribution < -0.4 is 15.2 Å². The average molecular weight is 425 g/mol. The van der Waals surface area contributed by atoms with Crippen LogP contribution in [0.5, 0.6) is 0 Å². The third-order valence-electron chi connectivity index (χ3n) is 4.86. The molecule has 0 bridgehead atoms. The number of thioether (sulfide) groups is 1. The van der Waals surface area contributed by atoms with Gasteiger partial charge in [0.25, 0.3) is 10.2 Å². The highest BCUT2D eigenvalue weighted by Crippen LogP contribution is 2.51. The summed E-state index contributed by atoms with van der Waals surface area (Å²) in [5, 5.41) is 27.3. The van der Waals surface area contributed by atoms with Gasteiger partial charge in [0.1, 0.15) is 5.70 Å². The molecule has 3 aliphatic rings. The zero-order chi connectivity index (χ0) is 23.5. The summed E-state index contributed by atoms with van der Waals surface area (Å²) >= 11 is 0.890. The number of carboxylic acid groups (broad SMARTS) is 1. The smallest absolute Gasteiger partial charge is 0.353 e. The molecule has 6 N–H and O–H groups in total. The number of β-lactam (4-membered cyclic amide) rings is 1. The number of amides is 1. The Morgan fingerprint density at radius 1 is 1.63 bits per heavy atom. The molecule has 0 saturated carbocycles. The molecule has 2 fully saturated rings. The Morgan fingerprint density at radius 2 is 2.33 bits per heavy atom. The third kappa shape index (κ3) is 3.87. The SMILES string of the molecule is [2H]C([2H])([2H])C1([2H])C(SC2CNC(CNS(N)(=O)=O)C2)=C(C(=O)O)N2C(=O)C(C(C)O)C21. The molecule has 12 heteroatoms. The number of nitrogens with zero attached hydrogens (tertiary/aromatic N) is 1. The van der Waals surface area contributed by atoms with Gasteiger partial charge in [0.2, 0.25) is 5.91 Å². The van der Waals surface area contributed by atoms with Gasteiger partial charge in [0, 0.05) is 40.7 Å². The van der Waals surface area contributed by atoms with E-state index in [1.807, 2.05) is 0 Å². The molecular formula is C15H24N4O6S2. The van der Waals surface area contributed by atoms with Gasteiger partial charge in [-0.15, -0.1) is 11.8 Å². The summed E-state index contributed by atoms with van der Waals surface area (Å²) in [7, 11) is -3.89. The van der Waals surface area contributed by atoms with E-state index in [0.29, 0.717) is 13.0 Å². The van der Waals surface area contributed by atoms with Crippen molar-refractivity contribution in [1.82, 2.24) is 14.9 Å². The highest BCUT2D eigenvalue weighted by Gasteiger charge is 2.60. The lowest BCUT2D eigenvalue weighted by Crippen LogP contribution is -2.63. The van der Waals surface area contributed by atoms with Crippen molar-refractivity contribution in [1.29, 1.82) is 0 Å². The van der Waals surface area contributed by atoms with Crippen LogP contribution in [0.3, 0.4) is 0 Å². The van der Waals surface area contributed by atoms with Crippen molar-refractivity contribution in [3.63, 3.8) is 0 Å². The number of hydrogen-bond acceptors (Lipinski definition) is 7. The van der Waals surface area contributed by atoms with Gasteiger partial charge in [-0.1, -0.05) is 6.85 Å². The molecule has 1 amide bonds. The van der Waals surface area contributed by atoms with Crippen molar-refractivity contribution >= 4 is 33.8 Å². The molecule has 0 aromatic rings. The van der Waals surface area contributed by atoms with E-state index in [2.05, 4.69) is 10.0 Å². The van der Waals surface area contributed by atoms with Crippen LogP contribution in [0.25, 0.3) is 0 Å². The van der Waals surface area contributed by atoms with E-state index in [9.17, 15) is 28.2 Å². The van der Waals surface area contributed by atoms with Crippen molar-refractivity contribution in [2.45, 2.75) is 43.6 Å². The topological polar surface area (TPSA) is 162 Å². The Kier molecular flexibility index (Phi) is 4.27. The zero-order valence-electron chi connectivity index (χ0n) is 18.4. The fraction of sp³-hybridized carbons (Fsp3) is 0.733. The van der Waals surface area contributed by atoms with E-state index in [-0.39, 0.29) is 22.7 Å². The summed E-state index contributed by atoms with van der Waals surface area (Å²) < 4.78 is 57.1. The van der Waals surface area contributed by atoms with Crippen LogP contribution in [0.2, 0.25) is 0 Å². The fourth-order valence-electron chi connectivity index (χ4n) is 3.64. The number of carboxylic acids is 1. The Labute approximate surface area is 167 Å². The maximum atomic E-state index is 12.5. The molecule has 3 heterocycles. The predicted octanol–water partition coefficient (Wildman–Crippen LogP) is -1.60. The third-order valence-corrected chi connectivity index (χ3v) is 6.77. The zero-order valence-corrected chi connectivity index (χ0v) is 16.0. The number of aliphatic hydroxyl groups is 1. The van der Waals surface area contributed by atoms with E-state index in [1.54, 1.807) is 0 Å². The number of nitrogens with one attached hydrogen (secondary N) is 2. The van der Waals surface area contributed by atoms with Crippen molar-refractivity contribution < 1.29 is 33.7 Å². The largest absolute Gasteiger partial charge is 0.477 e. The number of hydrogen-bond donors (Lipinski definition) is 5. The van der Waals surface area contributed by atoms with Crippen LogP contribution in [0, 0.1) is 11.8 Å². The van der Waals surface area contributed by atoms with Gasteiger partial charge in [0.15, 0.2) is 0 Å². The predicted molar refractivity (Wildman–Crippen MR) is 98.5 cm³/mol. The number of nitrogens with two attached hydrogens (primary N) is 1. The normalized spacial score (nSPS) is 40.0. The number of carbonyl (C=O) groups excluding carboxylic acids is 1. The van der Waals surface area contributed by atoms with Crippen LogP contribution in [-0.2, 0) is 19.8 Å². The van der Waals surface area contributed by atoms with E-state index in [1.165, 1.54) is 6.92 Å². The monoisotopic (exact) mass is 424 g/mol. The maximum Gasteiger partial charge on any atom is 0.353 e. The first-order valence-corrected chi connectivity index (χ1v) is 10.7. The molecule has 6 atom stereocenters. The molecule has 0 spiro atoms. The highest BCUT2D eigenvalue weighted by atomic mass is 32.2. The maximum absolute atomic E-state index is 12.5. The molecule has 3 rings (SSSR count). The molecule has 10 nitrogen and oxygen atoms in total. The second kappa shape index (κ2) is 7.33. The highest BCUT2D eigenvalue weighted by molar-refractivity contribution is 8.03. The lowest BCUT2D eigenvalue weighted by atomic mass is 9.79. The van der Waals surface area contributed by atoms with Crippen molar-refractivity contribution in [2.75, 3.05) is 13.1 Å². The van der Waals surface area contributed by atoms with Crippen LogP contribution >= 0.6 is 11.8 Å². The van der Waals surface area contributed by atoms with Crippen LogP contribution in [-0.4, -0.2) is 71.9 Å². The van der Waals surface area contributed by atoms with Gasteiger partial charge in [0.05, 0.1) is 18.1 Å². The first-order valence-electron chi connectivity index (χ1n) is 10.3. The van der Waals surface area contributed by atoms with Gasteiger partial charge in [-0.25, -0.2) is 14.7 Å².